The van der Waals surface area contributed by atoms with E-state index in [0.29, 0.717) is 5.88 Å². The van der Waals surface area contributed by atoms with E-state index in [1.54, 1.807) is 0 Å². The molecule has 0 aliphatic carbocycles. The van der Waals surface area contributed by atoms with Gasteiger partial charge in [-0.25, -0.2) is 9.97 Å². The number of rotatable bonds is 6. The molecule has 0 atom stereocenters. The molecule has 4 heteroatoms. The Bertz CT molecular complexity index is 543. The molecule has 1 heterocycles. The van der Waals surface area contributed by atoms with Gasteiger partial charge in [0.25, 0.3) is 0 Å². The van der Waals surface area contributed by atoms with Gasteiger partial charge in [0.2, 0.25) is 5.95 Å². The summed E-state index contributed by atoms with van der Waals surface area (Å²) < 4.78 is 0. The number of benzene rings is 1. The summed E-state index contributed by atoms with van der Waals surface area (Å²) in [6, 6.07) is 10.3. The summed E-state index contributed by atoms with van der Waals surface area (Å²) in [5.41, 5.74) is 3.06. The Hall–Kier alpha value is -1.61. The lowest BCUT2D eigenvalue weighted by atomic mass is 10.2. The van der Waals surface area contributed by atoms with Crippen LogP contribution < -0.4 is 4.90 Å². The number of aryl methyl sites for hydroxylation is 1. The number of alkyl halides is 1. The molecule has 0 amide bonds. The van der Waals surface area contributed by atoms with E-state index in [1.165, 1.54) is 0 Å². The van der Waals surface area contributed by atoms with Gasteiger partial charge >= 0.3 is 0 Å². The van der Waals surface area contributed by atoms with Crippen molar-refractivity contribution in [3.8, 4) is 0 Å². The van der Waals surface area contributed by atoms with E-state index >= 15 is 0 Å². The van der Waals surface area contributed by atoms with Gasteiger partial charge in [-0.15, -0.1) is 11.6 Å². The summed E-state index contributed by atoms with van der Waals surface area (Å²) in [5.74, 6) is 1.20. The number of anilines is 2. The van der Waals surface area contributed by atoms with Crippen molar-refractivity contribution >= 4 is 23.2 Å². The maximum atomic E-state index is 5.87. The van der Waals surface area contributed by atoms with E-state index in [4.69, 9.17) is 11.6 Å². The molecular weight excluding hydrogens is 270 g/mol. The Morgan fingerprint density at radius 1 is 1.20 bits per heavy atom. The van der Waals surface area contributed by atoms with Crippen molar-refractivity contribution in [1.29, 1.82) is 0 Å². The van der Waals surface area contributed by atoms with Crippen LogP contribution in [0.5, 0.6) is 0 Å². The Balaban J connectivity index is 2.33. The molecule has 0 saturated heterocycles. The fourth-order valence-electron chi connectivity index (χ4n) is 2.01. The van der Waals surface area contributed by atoms with Gasteiger partial charge < -0.3 is 4.90 Å². The highest BCUT2D eigenvalue weighted by Gasteiger charge is 2.12. The zero-order valence-corrected chi connectivity index (χ0v) is 12.8. The third-order valence-corrected chi connectivity index (χ3v) is 3.54. The summed E-state index contributed by atoms with van der Waals surface area (Å²) in [5, 5.41) is 0. The summed E-state index contributed by atoms with van der Waals surface area (Å²) in [4.78, 5) is 11.2. The zero-order chi connectivity index (χ0) is 14.4. The lowest BCUT2D eigenvalue weighted by Crippen LogP contribution is -2.21. The molecule has 0 radical (unpaired) electrons. The molecule has 0 aliphatic rings. The molecule has 0 saturated carbocycles. The smallest absolute Gasteiger partial charge is 0.230 e. The third kappa shape index (κ3) is 3.48. The zero-order valence-electron chi connectivity index (χ0n) is 12.0. The molecule has 0 bridgehead atoms. The van der Waals surface area contributed by atoms with Crippen molar-refractivity contribution in [1.82, 2.24) is 9.97 Å². The van der Waals surface area contributed by atoms with E-state index in [0.717, 1.165) is 42.3 Å². The van der Waals surface area contributed by atoms with Crippen LogP contribution in [-0.2, 0) is 5.88 Å². The highest BCUT2D eigenvalue weighted by atomic mass is 35.5. The SMILES string of the molecule is CCCCN(c1ccccc1)c1ncc(CCl)c(C)n1. The molecule has 0 N–H and O–H groups in total. The highest BCUT2D eigenvalue weighted by molar-refractivity contribution is 6.17. The van der Waals surface area contributed by atoms with Crippen LogP contribution in [0.1, 0.15) is 31.0 Å². The normalized spacial score (nSPS) is 10.6. The van der Waals surface area contributed by atoms with Crippen LogP contribution in [0, 0.1) is 6.92 Å². The molecular formula is C16H20ClN3. The second kappa shape index (κ2) is 7.25. The number of unbranched alkanes of at least 4 members (excludes halogenated alkanes) is 1. The summed E-state index contributed by atoms with van der Waals surface area (Å²) in [6.45, 7) is 5.08. The van der Waals surface area contributed by atoms with Crippen molar-refractivity contribution in [3.63, 3.8) is 0 Å². The van der Waals surface area contributed by atoms with E-state index in [9.17, 15) is 0 Å². The Morgan fingerprint density at radius 3 is 2.55 bits per heavy atom. The van der Waals surface area contributed by atoms with E-state index in [1.807, 2.05) is 31.3 Å². The first-order valence-electron chi connectivity index (χ1n) is 6.97. The van der Waals surface area contributed by atoms with Crippen molar-refractivity contribution in [3.05, 3.63) is 47.8 Å². The van der Waals surface area contributed by atoms with Crippen LogP contribution in [0.4, 0.5) is 11.6 Å². The lowest BCUT2D eigenvalue weighted by Gasteiger charge is -2.23. The molecule has 1 aromatic heterocycles. The first kappa shape index (κ1) is 14.8. The first-order valence-corrected chi connectivity index (χ1v) is 7.50. The highest BCUT2D eigenvalue weighted by Crippen LogP contribution is 2.23. The molecule has 3 nitrogen and oxygen atoms in total. The molecule has 1 aromatic carbocycles. The predicted molar refractivity (Wildman–Crippen MR) is 84.7 cm³/mol. The Morgan fingerprint density at radius 2 is 1.95 bits per heavy atom. The summed E-state index contributed by atoms with van der Waals surface area (Å²) >= 11 is 5.87. The molecule has 0 unspecified atom stereocenters. The Labute approximate surface area is 125 Å². The number of halogens is 1. The van der Waals surface area contributed by atoms with Gasteiger partial charge in [-0.05, 0) is 25.5 Å². The second-order valence-corrected chi connectivity index (χ2v) is 5.02. The van der Waals surface area contributed by atoms with Gasteiger partial charge in [-0.3, -0.25) is 0 Å². The Kier molecular flexibility index (Phi) is 5.36. The van der Waals surface area contributed by atoms with Crippen LogP contribution >= 0.6 is 11.6 Å². The van der Waals surface area contributed by atoms with Gasteiger partial charge in [-0.1, -0.05) is 31.5 Å². The number of hydrogen-bond acceptors (Lipinski definition) is 3. The standard InChI is InChI=1S/C16H20ClN3/c1-3-4-10-20(15-8-6-5-7-9-15)16-18-12-14(11-17)13(2)19-16/h5-9,12H,3-4,10-11H2,1-2H3. The molecule has 0 fully saturated rings. The van der Waals surface area contributed by atoms with Crippen LogP contribution in [0.2, 0.25) is 0 Å². The summed E-state index contributed by atoms with van der Waals surface area (Å²) in [6.07, 6.45) is 4.07. The second-order valence-electron chi connectivity index (χ2n) is 4.76. The number of aromatic nitrogens is 2. The maximum absolute atomic E-state index is 5.87. The molecule has 2 aromatic rings. The van der Waals surface area contributed by atoms with Crippen molar-refractivity contribution in [2.45, 2.75) is 32.6 Å². The minimum absolute atomic E-state index is 0.451. The summed E-state index contributed by atoms with van der Waals surface area (Å²) in [7, 11) is 0. The van der Waals surface area contributed by atoms with Crippen molar-refractivity contribution in [2.75, 3.05) is 11.4 Å². The fraction of sp³-hybridized carbons (Fsp3) is 0.375. The van der Waals surface area contributed by atoms with Crippen LogP contribution in [0.15, 0.2) is 36.5 Å². The van der Waals surface area contributed by atoms with Crippen molar-refractivity contribution < 1.29 is 0 Å². The predicted octanol–water partition coefficient (Wildman–Crippen LogP) is 4.46. The lowest BCUT2D eigenvalue weighted by molar-refractivity contribution is 0.768. The van der Waals surface area contributed by atoms with E-state index in [2.05, 4.69) is 33.9 Å². The topological polar surface area (TPSA) is 29.0 Å². The maximum Gasteiger partial charge on any atom is 0.230 e. The van der Waals surface area contributed by atoms with E-state index in [-0.39, 0.29) is 0 Å². The van der Waals surface area contributed by atoms with Gasteiger partial charge in [-0.2, -0.15) is 0 Å². The van der Waals surface area contributed by atoms with Gasteiger partial charge in [0, 0.05) is 29.7 Å². The van der Waals surface area contributed by atoms with Crippen LogP contribution in [-0.4, -0.2) is 16.5 Å². The van der Waals surface area contributed by atoms with Gasteiger partial charge in [0.05, 0.1) is 5.88 Å². The molecule has 0 aliphatic heterocycles. The number of nitrogens with zero attached hydrogens (tertiary/aromatic N) is 3. The number of hydrogen-bond donors (Lipinski definition) is 0. The van der Waals surface area contributed by atoms with Gasteiger partial charge in [0.1, 0.15) is 0 Å². The molecule has 0 spiro atoms. The minimum Gasteiger partial charge on any atom is -0.311 e. The van der Waals surface area contributed by atoms with Crippen molar-refractivity contribution in [2.24, 2.45) is 0 Å². The average Bonchev–Trinajstić information content (AvgIpc) is 2.49. The molecule has 20 heavy (non-hydrogen) atoms. The fourth-order valence-corrected chi connectivity index (χ4v) is 2.27. The molecule has 2 rings (SSSR count). The largest absolute Gasteiger partial charge is 0.311 e. The third-order valence-electron chi connectivity index (χ3n) is 3.26. The average molecular weight is 290 g/mol. The van der Waals surface area contributed by atoms with Gasteiger partial charge in [0.15, 0.2) is 0 Å². The quantitative estimate of drug-likeness (QED) is 0.735. The van der Waals surface area contributed by atoms with Crippen LogP contribution in [0.25, 0.3) is 0 Å². The number of para-hydroxylation sites is 1. The first-order chi connectivity index (χ1) is 9.76. The molecule has 106 valence electrons. The monoisotopic (exact) mass is 289 g/mol. The minimum atomic E-state index is 0.451. The van der Waals surface area contributed by atoms with Crippen LogP contribution in [0.3, 0.4) is 0 Å². The van der Waals surface area contributed by atoms with E-state index < -0.39 is 0 Å².